The maximum Gasteiger partial charge on any atom is 0.285 e. The smallest absolute Gasteiger partial charge is 0.285 e. The molecule has 0 fully saturated rings. The second-order valence-corrected chi connectivity index (χ2v) is 7.71. The largest absolute Gasteiger partial charge is 0.646 e. The third-order valence-corrected chi connectivity index (χ3v) is 4.44. The molecule has 5 nitrogen and oxygen atoms in total. The van der Waals surface area contributed by atoms with Crippen LogP contribution in [0.4, 0.5) is 5.69 Å². The van der Waals surface area contributed by atoms with Gasteiger partial charge in [-0.25, -0.2) is 0 Å². The molecule has 24 heavy (non-hydrogen) atoms. The molecule has 5 heteroatoms. The van der Waals surface area contributed by atoms with Crippen molar-refractivity contribution in [3.63, 3.8) is 0 Å². The summed E-state index contributed by atoms with van der Waals surface area (Å²) < 4.78 is 0. The summed E-state index contributed by atoms with van der Waals surface area (Å²) in [4.78, 5) is 24.9. The van der Waals surface area contributed by atoms with Crippen molar-refractivity contribution >= 4 is 17.6 Å². The molecular weight excluding hydrogens is 304 g/mol. The first-order valence-corrected chi connectivity index (χ1v) is 8.45. The predicted octanol–water partition coefficient (Wildman–Crippen LogP) is 3.75. The van der Waals surface area contributed by atoms with E-state index in [0.717, 1.165) is 29.7 Å². The van der Waals surface area contributed by atoms with Crippen molar-refractivity contribution in [3.05, 3.63) is 34.6 Å². The molecule has 1 atom stereocenters. The van der Waals surface area contributed by atoms with Gasteiger partial charge in [-0.2, -0.15) is 0 Å². The van der Waals surface area contributed by atoms with Crippen LogP contribution in [-0.4, -0.2) is 30.1 Å². The summed E-state index contributed by atoms with van der Waals surface area (Å²) >= 11 is 0. The Balaban J connectivity index is 2.02. The number of aliphatic carboxylic acids is 1. The van der Waals surface area contributed by atoms with Gasteiger partial charge in [-0.1, -0.05) is 44.9 Å². The van der Waals surface area contributed by atoms with Crippen LogP contribution in [0.15, 0.2) is 18.2 Å². The number of carboxylic acid groups (broad SMARTS) is 1. The fourth-order valence-electron chi connectivity index (χ4n) is 2.85. The highest BCUT2D eigenvalue weighted by Gasteiger charge is 2.20. The fraction of sp³-hybridized carbons (Fsp3) is 0.579. The number of carboxylic acids is 1. The Labute approximate surface area is 144 Å². The number of carbonyl (C=O) groups excluding carboxylic acids is 1. The summed E-state index contributed by atoms with van der Waals surface area (Å²) in [7, 11) is 1.78. The monoisotopic (exact) mass is 331 g/mol. The number of carbonyl (C=O) groups is 2. The number of fused-ring (bicyclic) bond motifs is 1. The third-order valence-electron chi connectivity index (χ3n) is 4.44. The molecule has 1 aliphatic heterocycles. The first-order chi connectivity index (χ1) is 11.2. The van der Waals surface area contributed by atoms with Gasteiger partial charge in [0.2, 0.25) is 5.91 Å². The lowest BCUT2D eigenvalue weighted by Gasteiger charge is -2.32. The van der Waals surface area contributed by atoms with Gasteiger partial charge in [0.05, 0.1) is 0 Å². The highest BCUT2D eigenvalue weighted by Crippen LogP contribution is 2.29. The van der Waals surface area contributed by atoms with Gasteiger partial charge >= 0.3 is 0 Å². The Kier molecular flexibility index (Phi) is 5.65. The maximum atomic E-state index is 11.8. The number of rotatable bonds is 6. The van der Waals surface area contributed by atoms with Crippen LogP contribution in [0.2, 0.25) is 0 Å². The molecule has 132 valence electrons. The zero-order valence-corrected chi connectivity index (χ0v) is 15.0. The molecule has 0 bridgehead atoms. The Bertz CT molecular complexity index is 620. The van der Waals surface area contributed by atoms with E-state index >= 15 is 0 Å². The van der Waals surface area contributed by atoms with Gasteiger partial charge in [-0.15, -0.1) is 6.54 Å². The van der Waals surface area contributed by atoms with Crippen LogP contribution in [0.5, 0.6) is 0 Å². The van der Waals surface area contributed by atoms with Gasteiger partial charge in [0.25, 0.3) is 5.97 Å². The van der Waals surface area contributed by atoms with Crippen molar-refractivity contribution in [1.29, 1.82) is 0 Å². The topological polar surface area (TPSA) is 71.7 Å². The van der Waals surface area contributed by atoms with Crippen LogP contribution < -0.4 is 4.90 Å². The van der Waals surface area contributed by atoms with Gasteiger partial charge in [0.1, 0.15) is 0 Å². The zero-order chi connectivity index (χ0) is 17.9. The Hall–Kier alpha value is -1.88. The summed E-state index contributed by atoms with van der Waals surface area (Å²) in [5, 5.41) is 13.8. The number of nitrogens with zero attached hydrogens (tertiary/aromatic N) is 2. The number of hydrogen-bond acceptors (Lipinski definition) is 2. The average Bonchev–Trinajstić information content (AvgIpc) is 2.50. The van der Waals surface area contributed by atoms with E-state index < -0.39 is 12.0 Å². The minimum atomic E-state index is -0.871. The molecule has 0 aromatic heterocycles. The van der Waals surface area contributed by atoms with Crippen molar-refractivity contribution in [3.8, 4) is 0 Å². The Morgan fingerprint density at radius 2 is 2.04 bits per heavy atom. The zero-order valence-electron chi connectivity index (χ0n) is 15.0. The predicted molar refractivity (Wildman–Crippen MR) is 95.3 cm³/mol. The van der Waals surface area contributed by atoms with E-state index in [1.165, 1.54) is 0 Å². The van der Waals surface area contributed by atoms with Gasteiger partial charge in [0.15, 0.2) is 0 Å². The van der Waals surface area contributed by atoms with E-state index in [1.807, 2.05) is 18.2 Å². The number of benzene rings is 1. The lowest BCUT2D eigenvalue weighted by atomic mass is 9.88. The quantitative estimate of drug-likeness (QED) is 0.863. The standard InChI is InChI=1S/C19H27N2O3/c1-19(2,3)10-9-15(18(23)24)20-12-13-5-6-14-7-8-17(22)21(4)16(14)11-13/h5-6,11,15H,7-10,12H2,1-4H3,(H,23,24)/q-1. The number of hydrogen-bond donors (Lipinski definition) is 1. The fourth-order valence-corrected chi connectivity index (χ4v) is 2.85. The Morgan fingerprint density at radius 1 is 1.33 bits per heavy atom. The molecule has 0 spiro atoms. The van der Waals surface area contributed by atoms with Gasteiger partial charge in [0, 0.05) is 19.2 Å². The molecule has 0 radical (unpaired) electrons. The van der Waals surface area contributed by atoms with E-state index in [1.54, 1.807) is 11.9 Å². The van der Waals surface area contributed by atoms with Crippen molar-refractivity contribution in [2.24, 2.45) is 5.41 Å². The van der Waals surface area contributed by atoms with Gasteiger partial charge in [-0.3, -0.25) is 9.59 Å². The van der Waals surface area contributed by atoms with Crippen LogP contribution in [-0.2, 0) is 22.6 Å². The van der Waals surface area contributed by atoms with Crippen LogP contribution >= 0.6 is 0 Å². The third kappa shape index (κ3) is 4.81. The van der Waals surface area contributed by atoms with Crippen molar-refractivity contribution < 1.29 is 14.7 Å². The summed E-state index contributed by atoms with van der Waals surface area (Å²) in [5.74, 6) is -0.755. The Morgan fingerprint density at radius 3 is 2.67 bits per heavy atom. The normalized spacial score (nSPS) is 16.0. The van der Waals surface area contributed by atoms with Crippen LogP contribution in [0, 0.1) is 5.41 Å². The SMILES string of the molecule is CN1C(=O)CCc2ccc(C[N-]C(CCC(C)(C)C)C(=O)O)cc21. The minimum Gasteiger partial charge on any atom is -0.646 e. The molecule has 1 aromatic carbocycles. The van der Waals surface area contributed by atoms with Crippen LogP contribution in [0.1, 0.15) is 51.2 Å². The number of anilines is 1. The van der Waals surface area contributed by atoms with E-state index in [0.29, 0.717) is 19.4 Å². The summed E-state index contributed by atoms with van der Waals surface area (Å²) in [6.45, 7) is 6.66. The highest BCUT2D eigenvalue weighted by atomic mass is 16.4. The van der Waals surface area contributed by atoms with E-state index in [4.69, 9.17) is 0 Å². The second kappa shape index (κ2) is 7.34. The van der Waals surface area contributed by atoms with Gasteiger partial charge < -0.3 is 15.3 Å². The van der Waals surface area contributed by atoms with Crippen LogP contribution in [0.25, 0.3) is 5.32 Å². The van der Waals surface area contributed by atoms with E-state index in [-0.39, 0.29) is 11.3 Å². The summed E-state index contributed by atoms with van der Waals surface area (Å²) in [5.41, 5.74) is 3.11. The minimum absolute atomic E-state index is 0.0954. The molecule has 1 unspecified atom stereocenters. The first-order valence-electron chi connectivity index (χ1n) is 8.45. The molecule has 1 aliphatic rings. The molecule has 1 N–H and O–H groups in total. The number of amides is 1. The summed E-state index contributed by atoms with van der Waals surface area (Å²) in [6.07, 6.45) is 2.66. The molecule has 0 saturated heterocycles. The lowest BCUT2D eigenvalue weighted by molar-refractivity contribution is -0.138. The van der Waals surface area contributed by atoms with Crippen LogP contribution in [0.3, 0.4) is 0 Å². The average molecular weight is 331 g/mol. The molecule has 0 saturated carbocycles. The lowest BCUT2D eigenvalue weighted by Crippen LogP contribution is -2.31. The highest BCUT2D eigenvalue weighted by molar-refractivity contribution is 5.95. The van der Waals surface area contributed by atoms with Gasteiger partial charge in [-0.05, 0) is 35.9 Å². The van der Waals surface area contributed by atoms with E-state index in [2.05, 4.69) is 26.1 Å². The maximum absolute atomic E-state index is 11.8. The van der Waals surface area contributed by atoms with Crippen molar-refractivity contribution in [2.45, 2.75) is 59.0 Å². The molecular formula is C19H27N2O3-. The number of aryl methyl sites for hydroxylation is 1. The second-order valence-electron chi connectivity index (χ2n) is 7.71. The molecule has 1 heterocycles. The molecule has 0 aliphatic carbocycles. The summed E-state index contributed by atoms with van der Waals surface area (Å²) in [6, 6.07) is 5.28. The van der Waals surface area contributed by atoms with Crippen molar-refractivity contribution in [2.75, 3.05) is 11.9 Å². The molecule has 1 aromatic rings. The first kappa shape index (κ1) is 18.5. The van der Waals surface area contributed by atoms with E-state index in [9.17, 15) is 14.7 Å². The molecule has 2 rings (SSSR count). The van der Waals surface area contributed by atoms with Crippen molar-refractivity contribution in [1.82, 2.24) is 0 Å². The molecule has 1 amide bonds.